The first-order valence-corrected chi connectivity index (χ1v) is 7.47. The third-order valence-corrected chi connectivity index (χ3v) is 3.88. The molecule has 3 nitrogen and oxygen atoms in total. The average molecular weight is 322 g/mol. The fourth-order valence-electron chi connectivity index (χ4n) is 2.13. The summed E-state index contributed by atoms with van der Waals surface area (Å²) in [6, 6.07) is 13.8. The molecule has 0 aliphatic carbocycles. The maximum atomic E-state index is 13.7. The molecule has 0 saturated heterocycles. The molecular formula is C17H19ClFN2O+. The molecule has 0 aromatic heterocycles. The molecule has 2 aromatic rings. The van der Waals surface area contributed by atoms with Crippen LogP contribution in [0, 0.1) is 5.82 Å². The summed E-state index contributed by atoms with van der Waals surface area (Å²) in [5, 5.41) is 2.91. The minimum Gasteiger partial charge on any atom is -0.324 e. The molecule has 0 heterocycles. The summed E-state index contributed by atoms with van der Waals surface area (Å²) in [4.78, 5) is 13.3. The minimum atomic E-state index is -0.534. The van der Waals surface area contributed by atoms with Gasteiger partial charge in [0, 0.05) is 10.6 Å². The van der Waals surface area contributed by atoms with Crippen molar-refractivity contribution in [3.8, 4) is 0 Å². The van der Waals surface area contributed by atoms with Crippen LogP contribution < -0.4 is 10.2 Å². The Balaban J connectivity index is 1.99. The highest BCUT2D eigenvalue weighted by Gasteiger charge is 2.22. The van der Waals surface area contributed by atoms with Crippen LogP contribution in [0.2, 0.25) is 5.02 Å². The third kappa shape index (κ3) is 4.29. The molecule has 2 aromatic carbocycles. The Labute approximate surface area is 134 Å². The number of carbonyl (C=O) groups excluding carboxylic acids is 1. The fraction of sp³-hybridized carbons (Fsp3) is 0.235. The molecule has 0 aliphatic rings. The maximum absolute atomic E-state index is 13.7. The number of rotatable bonds is 5. The second-order valence-corrected chi connectivity index (χ2v) is 5.78. The molecule has 2 N–H and O–H groups in total. The zero-order chi connectivity index (χ0) is 16.1. The molecule has 0 aliphatic heterocycles. The molecule has 1 amide bonds. The Bertz CT molecular complexity index is 648. The van der Waals surface area contributed by atoms with Crippen LogP contribution in [-0.2, 0) is 11.3 Å². The van der Waals surface area contributed by atoms with Crippen LogP contribution in [0.4, 0.5) is 10.1 Å². The minimum absolute atomic E-state index is 0.147. The fourth-order valence-corrected chi connectivity index (χ4v) is 2.29. The van der Waals surface area contributed by atoms with E-state index in [4.69, 9.17) is 11.6 Å². The van der Waals surface area contributed by atoms with Gasteiger partial charge in [0.1, 0.15) is 12.4 Å². The molecule has 1 unspecified atom stereocenters. The summed E-state index contributed by atoms with van der Waals surface area (Å²) in [5.41, 5.74) is 1.30. The lowest BCUT2D eigenvalue weighted by Crippen LogP contribution is -3.12. The first-order chi connectivity index (χ1) is 10.5. The van der Waals surface area contributed by atoms with Gasteiger partial charge >= 0.3 is 0 Å². The predicted molar refractivity (Wildman–Crippen MR) is 86.5 cm³/mol. The summed E-state index contributed by atoms with van der Waals surface area (Å²) in [5.74, 6) is -0.761. The zero-order valence-corrected chi connectivity index (χ0v) is 13.3. The van der Waals surface area contributed by atoms with Gasteiger partial charge in [-0.05, 0) is 25.1 Å². The number of hydrogen-bond donors (Lipinski definition) is 2. The summed E-state index contributed by atoms with van der Waals surface area (Å²) in [6.07, 6.45) is 0. The first-order valence-electron chi connectivity index (χ1n) is 7.09. The number of amides is 1. The van der Waals surface area contributed by atoms with Crippen LogP contribution in [0.3, 0.4) is 0 Å². The summed E-state index contributed by atoms with van der Waals surface area (Å²) in [7, 11) is 1.94. The first kappa shape index (κ1) is 16.5. The molecular weight excluding hydrogens is 303 g/mol. The smallest absolute Gasteiger partial charge is 0.282 e. The van der Waals surface area contributed by atoms with Gasteiger partial charge in [-0.15, -0.1) is 0 Å². The second-order valence-electron chi connectivity index (χ2n) is 5.34. The maximum Gasteiger partial charge on any atom is 0.282 e. The molecule has 0 radical (unpaired) electrons. The number of benzene rings is 2. The van der Waals surface area contributed by atoms with E-state index in [0.29, 0.717) is 5.02 Å². The monoisotopic (exact) mass is 321 g/mol. The van der Waals surface area contributed by atoms with Crippen molar-refractivity contribution in [2.24, 2.45) is 0 Å². The average Bonchev–Trinajstić information content (AvgIpc) is 2.50. The normalized spacial score (nSPS) is 13.5. The number of carbonyl (C=O) groups is 1. The number of likely N-dealkylation sites (N-methyl/N-ethyl adjacent to an activating group) is 1. The van der Waals surface area contributed by atoms with Gasteiger partial charge in [-0.3, -0.25) is 4.79 Å². The highest BCUT2D eigenvalue weighted by atomic mass is 35.5. The number of halogens is 2. The lowest BCUT2D eigenvalue weighted by Gasteiger charge is -2.21. The van der Waals surface area contributed by atoms with E-state index in [-0.39, 0.29) is 17.6 Å². The Kier molecular flexibility index (Phi) is 5.52. The molecule has 0 bridgehead atoms. The van der Waals surface area contributed by atoms with Crippen molar-refractivity contribution in [1.82, 2.24) is 0 Å². The summed E-state index contributed by atoms with van der Waals surface area (Å²) in [6.45, 7) is 2.54. The van der Waals surface area contributed by atoms with Crippen molar-refractivity contribution < 1.29 is 14.1 Å². The Morgan fingerprint density at radius 2 is 1.95 bits per heavy atom. The quantitative estimate of drug-likeness (QED) is 0.872. The van der Waals surface area contributed by atoms with Gasteiger partial charge in [-0.25, -0.2) is 4.39 Å². The van der Waals surface area contributed by atoms with E-state index in [1.54, 1.807) is 6.07 Å². The van der Waals surface area contributed by atoms with E-state index in [2.05, 4.69) is 5.32 Å². The van der Waals surface area contributed by atoms with Crippen molar-refractivity contribution in [2.45, 2.75) is 19.5 Å². The van der Waals surface area contributed by atoms with Gasteiger partial charge in [-0.2, -0.15) is 0 Å². The molecule has 5 heteroatoms. The SMILES string of the molecule is C[C@@H](C(=O)Nc1ccc(Cl)cc1F)[NH+](C)Cc1ccccc1. The second kappa shape index (κ2) is 7.38. The topological polar surface area (TPSA) is 33.5 Å². The van der Waals surface area contributed by atoms with Gasteiger partial charge < -0.3 is 10.2 Å². The largest absolute Gasteiger partial charge is 0.324 e. The number of anilines is 1. The van der Waals surface area contributed by atoms with E-state index in [0.717, 1.165) is 17.0 Å². The van der Waals surface area contributed by atoms with Crippen molar-refractivity contribution in [1.29, 1.82) is 0 Å². The molecule has 0 spiro atoms. The number of quaternary nitrogens is 1. The lowest BCUT2D eigenvalue weighted by atomic mass is 10.2. The molecule has 2 atom stereocenters. The molecule has 22 heavy (non-hydrogen) atoms. The van der Waals surface area contributed by atoms with E-state index in [1.165, 1.54) is 12.1 Å². The van der Waals surface area contributed by atoms with Crippen LogP contribution in [0.1, 0.15) is 12.5 Å². The molecule has 116 valence electrons. The Morgan fingerprint density at radius 1 is 1.27 bits per heavy atom. The summed E-state index contributed by atoms with van der Waals surface area (Å²) < 4.78 is 13.7. The van der Waals surface area contributed by atoms with Crippen LogP contribution in [0.25, 0.3) is 0 Å². The lowest BCUT2D eigenvalue weighted by molar-refractivity contribution is -0.907. The van der Waals surface area contributed by atoms with Crippen LogP contribution >= 0.6 is 11.6 Å². The highest BCUT2D eigenvalue weighted by Crippen LogP contribution is 2.18. The van der Waals surface area contributed by atoms with Gasteiger partial charge in [0.05, 0.1) is 12.7 Å². The van der Waals surface area contributed by atoms with Gasteiger partial charge in [0.15, 0.2) is 6.04 Å². The molecule has 0 saturated carbocycles. The van der Waals surface area contributed by atoms with Gasteiger partial charge in [-0.1, -0.05) is 41.9 Å². The van der Waals surface area contributed by atoms with E-state index >= 15 is 0 Å². The van der Waals surface area contributed by atoms with Crippen molar-refractivity contribution in [3.63, 3.8) is 0 Å². The van der Waals surface area contributed by atoms with Gasteiger partial charge in [0.25, 0.3) is 5.91 Å². The number of hydrogen-bond acceptors (Lipinski definition) is 1. The van der Waals surface area contributed by atoms with Gasteiger partial charge in [0.2, 0.25) is 0 Å². The standard InChI is InChI=1S/C17H18ClFN2O/c1-12(21(2)11-13-6-4-3-5-7-13)17(22)20-16-9-8-14(18)10-15(16)19/h3-10,12H,11H2,1-2H3,(H,20,22)/p+1/t12-/m0/s1. The van der Waals surface area contributed by atoms with E-state index in [1.807, 2.05) is 44.3 Å². The van der Waals surface area contributed by atoms with Crippen LogP contribution in [0.5, 0.6) is 0 Å². The Morgan fingerprint density at radius 3 is 2.59 bits per heavy atom. The van der Waals surface area contributed by atoms with E-state index in [9.17, 15) is 9.18 Å². The van der Waals surface area contributed by atoms with Crippen molar-refractivity contribution in [3.05, 3.63) is 64.9 Å². The third-order valence-electron chi connectivity index (χ3n) is 3.65. The molecule has 0 fully saturated rings. The highest BCUT2D eigenvalue weighted by molar-refractivity contribution is 6.30. The van der Waals surface area contributed by atoms with Crippen LogP contribution in [-0.4, -0.2) is 19.0 Å². The Hall–Kier alpha value is -1.91. The predicted octanol–water partition coefficient (Wildman–Crippen LogP) is 2.52. The summed E-state index contributed by atoms with van der Waals surface area (Å²) >= 11 is 5.70. The van der Waals surface area contributed by atoms with Crippen molar-refractivity contribution in [2.75, 3.05) is 12.4 Å². The molecule has 2 rings (SSSR count). The van der Waals surface area contributed by atoms with Crippen LogP contribution in [0.15, 0.2) is 48.5 Å². The zero-order valence-electron chi connectivity index (χ0n) is 12.6. The van der Waals surface area contributed by atoms with Crippen molar-refractivity contribution >= 4 is 23.2 Å². The number of nitrogens with one attached hydrogen (secondary N) is 2. The van der Waals surface area contributed by atoms with E-state index < -0.39 is 5.82 Å².